The summed E-state index contributed by atoms with van der Waals surface area (Å²) in [5.41, 5.74) is 1.72. The van der Waals surface area contributed by atoms with Gasteiger partial charge in [-0.1, -0.05) is 12.1 Å². The molecule has 1 aromatic rings. The van der Waals surface area contributed by atoms with Gasteiger partial charge in [0.25, 0.3) is 0 Å². The van der Waals surface area contributed by atoms with E-state index in [9.17, 15) is 9.59 Å². The molecular formula is C15H18O4. The molecule has 4 nitrogen and oxygen atoms in total. The number of methoxy groups -OCH3 is 2. The van der Waals surface area contributed by atoms with E-state index in [4.69, 9.17) is 4.74 Å². The Kier molecular flexibility index (Phi) is 4.20. The lowest BCUT2D eigenvalue weighted by molar-refractivity contribution is -0.145. The average molecular weight is 262 g/mol. The first-order valence-electron chi connectivity index (χ1n) is 6.41. The third-order valence-electron chi connectivity index (χ3n) is 3.77. The second kappa shape index (κ2) is 5.87. The Bertz CT molecular complexity index is 464. The topological polar surface area (TPSA) is 52.6 Å². The van der Waals surface area contributed by atoms with Gasteiger partial charge in [-0.25, -0.2) is 4.79 Å². The molecule has 1 aliphatic rings. The molecule has 0 radical (unpaired) electrons. The maximum Gasteiger partial charge on any atom is 0.337 e. The molecule has 0 spiro atoms. The fourth-order valence-electron chi connectivity index (χ4n) is 2.67. The Labute approximate surface area is 112 Å². The van der Waals surface area contributed by atoms with Gasteiger partial charge in [-0.05, 0) is 42.9 Å². The molecule has 4 heteroatoms. The number of benzene rings is 1. The summed E-state index contributed by atoms with van der Waals surface area (Å²) in [6, 6.07) is 7.42. The largest absolute Gasteiger partial charge is 0.469 e. The summed E-state index contributed by atoms with van der Waals surface area (Å²) in [6.45, 7) is 0. The van der Waals surface area contributed by atoms with Crippen molar-refractivity contribution in [2.75, 3.05) is 14.2 Å². The molecule has 0 saturated heterocycles. The SMILES string of the molecule is COC(=O)c1ccc(C2CCC(C(=O)OC)C2)cc1. The maximum absolute atomic E-state index is 11.5. The molecule has 2 rings (SSSR count). The fourth-order valence-corrected chi connectivity index (χ4v) is 2.67. The van der Waals surface area contributed by atoms with Gasteiger partial charge in [0.1, 0.15) is 0 Å². The highest BCUT2D eigenvalue weighted by Crippen LogP contribution is 2.38. The average Bonchev–Trinajstić information content (AvgIpc) is 2.95. The molecule has 0 bridgehead atoms. The number of esters is 2. The molecule has 2 unspecified atom stereocenters. The molecule has 2 atom stereocenters. The Hall–Kier alpha value is -1.84. The van der Waals surface area contributed by atoms with Crippen LogP contribution >= 0.6 is 0 Å². The zero-order valence-electron chi connectivity index (χ0n) is 11.2. The Balaban J connectivity index is 2.04. The van der Waals surface area contributed by atoms with Crippen LogP contribution in [0.1, 0.15) is 41.1 Å². The predicted molar refractivity (Wildman–Crippen MR) is 69.9 cm³/mol. The summed E-state index contributed by atoms with van der Waals surface area (Å²) in [4.78, 5) is 22.8. The summed E-state index contributed by atoms with van der Waals surface area (Å²) in [7, 11) is 2.80. The van der Waals surface area contributed by atoms with E-state index >= 15 is 0 Å². The summed E-state index contributed by atoms with van der Waals surface area (Å²) < 4.78 is 9.45. The van der Waals surface area contributed by atoms with E-state index in [0.717, 1.165) is 19.3 Å². The summed E-state index contributed by atoms with van der Waals surface area (Å²) in [5.74, 6) is -0.0647. The molecule has 1 aromatic carbocycles. The van der Waals surface area contributed by atoms with Crippen molar-refractivity contribution < 1.29 is 19.1 Å². The molecule has 1 aliphatic carbocycles. The lowest BCUT2D eigenvalue weighted by atomic mass is 9.95. The van der Waals surface area contributed by atoms with Crippen molar-refractivity contribution in [2.45, 2.75) is 25.2 Å². The lowest BCUT2D eigenvalue weighted by Crippen LogP contribution is -2.12. The van der Waals surface area contributed by atoms with Crippen LogP contribution in [0.3, 0.4) is 0 Å². The van der Waals surface area contributed by atoms with Gasteiger partial charge in [0.2, 0.25) is 0 Å². The molecule has 0 aliphatic heterocycles. The minimum atomic E-state index is -0.328. The third-order valence-corrected chi connectivity index (χ3v) is 3.77. The van der Waals surface area contributed by atoms with Crippen LogP contribution in [0.25, 0.3) is 0 Å². The number of hydrogen-bond donors (Lipinski definition) is 0. The summed E-state index contributed by atoms with van der Waals surface area (Å²) in [5, 5.41) is 0. The molecule has 0 aromatic heterocycles. The molecule has 19 heavy (non-hydrogen) atoms. The highest BCUT2D eigenvalue weighted by atomic mass is 16.5. The van der Waals surface area contributed by atoms with E-state index < -0.39 is 0 Å². The van der Waals surface area contributed by atoms with Gasteiger partial charge in [0.05, 0.1) is 25.7 Å². The van der Waals surface area contributed by atoms with Gasteiger partial charge >= 0.3 is 11.9 Å². The predicted octanol–water partition coefficient (Wildman–Crippen LogP) is 2.53. The van der Waals surface area contributed by atoms with Crippen LogP contribution in [0, 0.1) is 5.92 Å². The first-order chi connectivity index (χ1) is 9.15. The van der Waals surface area contributed by atoms with Crippen LogP contribution in [0.15, 0.2) is 24.3 Å². The second-order valence-corrected chi connectivity index (χ2v) is 4.84. The van der Waals surface area contributed by atoms with Crippen molar-refractivity contribution >= 4 is 11.9 Å². The first kappa shape index (κ1) is 13.6. The van der Waals surface area contributed by atoms with Gasteiger partial charge in [-0.3, -0.25) is 4.79 Å². The number of rotatable bonds is 3. The van der Waals surface area contributed by atoms with E-state index in [1.807, 2.05) is 12.1 Å². The standard InChI is InChI=1S/C15H18O4/c1-18-14(16)11-5-3-10(4-6-11)12-7-8-13(9-12)15(17)19-2/h3-6,12-13H,7-9H2,1-2H3. The lowest BCUT2D eigenvalue weighted by Gasteiger charge is -2.11. The number of ether oxygens (including phenoxy) is 2. The van der Waals surface area contributed by atoms with E-state index in [1.165, 1.54) is 19.8 Å². The van der Waals surface area contributed by atoms with Crippen LogP contribution in [-0.4, -0.2) is 26.2 Å². The van der Waals surface area contributed by atoms with Crippen molar-refractivity contribution in [3.05, 3.63) is 35.4 Å². The smallest absolute Gasteiger partial charge is 0.337 e. The molecule has 0 amide bonds. The summed E-state index contributed by atoms with van der Waals surface area (Å²) >= 11 is 0. The zero-order valence-corrected chi connectivity index (χ0v) is 11.2. The highest BCUT2D eigenvalue weighted by Gasteiger charge is 2.31. The molecule has 102 valence electrons. The van der Waals surface area contributed by atoms with Crippen LogP contribution in [0.2, 0.25) is 0 Å². The van der Waals surface area contributed by atoms with Gasteiger partial charge in [-0.15, -0.1) is 0 Å². The van der Waals surface area contributed by atoms with Gasteiger partial charge < -0.3 is 9.47 Å². The molecular weight excluding hydrogens is 244 g/mol. The Morgan fingerprint density at radius 1 is 1.05 bits per heavy atom. The molecule has 0 heterocycles. The van der Waals surface area contributed by atoms with Crippen molar-refractivity contribution in [1.29, 1.82) is 0 Å². The van der Waals surface area contributed by atoms with Gasteiger partial charge in [0, 0.05) is 0 Å². The number of hydrogen-bond acceptors (Lipinski definition) is 4. The van der Waals surface area contributed by atoms with E-state index in [1.54, 1.807) is 12.1 Å². The van der Waals surface area contributed by atoms with Gasteiger partial charge in [0.15, 0.2) is 0 Å². The minimum Gasteiger partial charge on any atom is -0.469 e. The maximum atomic E-state index is 11.5. The highest BCUT2D eigenvalue weighted by molar-refractivity contribution is 5.89. The Morgan fingerprint density at radius 2 is 1.74 bits per heavy atom. The van der Waals surface area contributed by atoms with Crippen molar-refractivity contribution in [3.8, 4) is 0 Å². The summed E-state index contributed by atoms with van der Waals surface area (Å²) in [6.07, 6.45) is 2.68. The minimum absolute atomic E-state index is 0.00952. The quantitative estimate of drug-likeness (QED) is 0.785. The van der Waals surface area contributed by atoms with Crippen molar-refractivity contribution in [1.82, 2.24) is 0 Å². The fraction of sp³-hybridized carbons (Fsp3) is 0.467. The third kappa shape index (κ3) is 2.95. The number of carbonyl (C=O) groups is 2. The number of carbonyl (C=O) groups excluding carboxylic acids is 2. The molecule has 0 N–H and O–H groups in total. The van der Waals surface area contributed by atoms with Crippen molar-refractivity contribution in [3.63, 3.8) is 0 Å². The van der Waals surface area contributed by atoms with E-state index in [2.05, 4.69) is 4.74 Å². The normalized spacial score (nSPS) is 22.0. The van der Waals surface area contributed by atoms with Crippen LogP contribution < -0.4 is 0 Å². The van der Waals surface area contributed by atoms with E-state index in [0.29, 0.717) is 11.5 Å². The zero-order chi connectivity index (χ0) is 13.8. The van der Waals surface area contributed by atoms with Crippen molar-refractivity contribution in [2.24, 2.45) is 5.92 Å². The van der Waals surface area contributed by atoms with Crippen LogP contribution in [0.5, 0.6) is 0 Å². The first-order valence-corrected chi connectivity index (χ1v) is 6.41. The Morgan fingerprint density at radius 3 is 2.32 bits per heavy atom. The van der Waals surface area contributed by atoms with Crippen LogP contribution in [-0.2, 0) is 14.3 Å². The molecule has 1 saturated carbocycles. The van der Waals surface area contributed by atoms with Crippen LogP contribution in [0.4, 0.5) is 0 Å². The second-order valence-electron chi connectivity index (χ2n) is 4.84. The monoisotopic (exact) mass is 262 g/mol. The van der Waals surface area contributed by atoms with Gasteiger partial charge in [-0.2, -0.15) is 0 Å². The molecule has 1 fully saturated rings. The van der Waals surface area contributed by atoms with E-state index in [-0.39, 0.29) is 17.9 Å².